The summed E-state index contributed by atoms with van der Waals surface area (Å²) >= 11 is 1.65. The first-order valence-corrected chi connectivity index (χ1v) is 6.86. The number of carbonyl (C=O) groups excluding carboxylic acids is 1. The molecule has 4 nitrogen and oxygen atoms in total. The largest absolute Gasteiger partial charge is 0.480 e. The maximum absolute atomic E-state index is 11.9. The molecule has 0 aromatic carbocycles. The lowest BCUT2D eigenvalue weighted by Crippen LogP contribution is -2.60. The highest BCUT2D eigenvalue weighted by molar-refractivity contribution is 8.00. The highest BCUT2D eigenvalue weighted by Gasteiger charge is 2.46. The second-order valence-corrected chi connectivity index (χ2v) is 5.90. The van der Waals surface area contributed by atoms with Crippen LogP contribution < -0.4 is 5.32 Å². The van der Waals surface area contributed by atoms with E-state index in [2.05, 4.69) is 5.32 Å². The van der Waals surface area contributed by atoms with Crippen LogP contribution in [0.1, 0.15) is 38.5 Å². The molecule has 1 heterocycles. The summed E-state index contributed by atoms with van der Waals surface area (Å²) in [5.41, 5.74) is -0.949. The molecule has 1 atom stereocenters. The molecule has 0 aromatic heterocycles. The summed E-state index contributed by atoms with van der Waals surface area (Å²) in [6.07, 6.45) is 5.16. The molecular formula is C11H17NO3S. The zero-order valence-corrected chi connectivity index (χ0v) is 10.0. The summed E-state index contributed by atoms with van der Waals surface area (Å²) in [5, 5.41) is 11.8. The Balaban J connectivity index is 1.92. The maximum atomic E-state index is 11.9. The second-order valence-electron chi connectivity index (χ2n) is 4.59. The topological polar surface area (TPSA) is 66.4 Å². The third-order valence-corrected chi connectivity index (χ3v) is 4.83. The molecule has 0 spiro atoms. The summed E-state index contributed by atoms with van der Waals surface area (Å²) < 4.78 is 0. The third kappa shape index (κ3) is 2.19. The van der Waals surface area contributed by atoms with Crippen LogP contribution in [0.15, 0.2) is 0 Å². The van der Waals surface area contributed by atoms with Gasteiger partial charge in [-0.25, -0.2) is 4.79 Å². The van der Waals surface area contributed by atoms with Crippen LogP contribution in [0, 0.1) is 0 Å². The van der Waals surface area contributed by atoms with E-state index < -0.39 is 11.5 Å². The summed E-state index contributed by atoms with van der Waals surface area (Å²) in [7, 11) is 0. The van der Waals surface area contributed by atoms with Gasteiger partial charge >= 0.3 is 5.97 Å². The molecule has 1 saturated heterocycles. The molecular weight excluding hydrogens is 226 g/mol. The zero-order chi connectivity index (χ0) is 11.6. The molecule has 2 N–H and O–H groups in total. The molecule has 90 valence electrons. The van der Waals surface area contributed by atoms with Crippen LogP contribution in [0.4, 0.5) is 0 Å². The van der Waals surface area contributed by atoms with Crippen molar-refractivity contribution in [2.45, 2.75) is 49.3 Å². The van der Waals surface area contributed by atoms with Gasteiger partial charge in [0.05, 0.1) is 5.25 Å². The lowest BCUT2D eigenvalue weighted by Gasteiger charge is -2.39. The Morgan fingerprint density at radius 2 is 2.00 bits per heavy atom. The first-order valence-electron chi connectivity index (χ1n) is 5.81. The molecule has 1 aliphatic heterocycles. The quantitative estimate of drug-likeness (QED) is 0.786. The van der Waals surface area contributed by atoms with Crippen molar-refractivity contribution in [3.05, 3.63) is 0 Å². The van der Waals surface area contributed by atoms with E-state index in [4.69, 9.17) is 5.11 Å². The summed E-state index contributed by atoms with van der Waals surface area (Å²) in [6, 6.07) is 0. The second kappa shape index (κ2) is 4.65. The van der Waals surface area contributed by atoms with Crippen molar-refractivity contribution >= 4 is 23.6 Å². The number of carboxylic acids is 1. The van der Waals surface area contributed by atoms with E-state index in [9.17, 15) is 9.59 Å². The van der Waals surface area contributed by atoms with Crippen LogP contribution in [0.5, 0.6) is 0 Å². The van der Waals surface area contributed by atoms with Gasteiger partial charge in [-0.15, -0.1) is 11.8 Å². The van der Waals surface area contributed by atoms with Crippen molar-refractivity contribution in [3.8, 4) is 0 Å². The Morgan fingerprint density at radius 1 is 1.25 bits per heavy atom. The lowest BCUT2D eigenvalue weighted by atomic mass is 9.76. The highest BCUT2D eigenvalue weighted by Crippen LogP contribution is 2.33. The predicted molar refractivity (Wildman–Crippen MR) is 62.5 cm³/mol. The average molecular weight is 243 g/mol. The van der Waals surface area contributed by atoms with Gasteiger partial charge in [-0.1, -0.05) is 6.42 Å². The molecule has 5 heteroatoms. The minimum Gasteiger partial charge on any atom is -0.480 e. The molecule has 0 aromatic rings. The van der Waals surface area contributed by atoms with E-state index >= 15 is 0 Å². The van der Waals surface area contributed by atoms with Crippen molar-refractivity contribution in [2.75, 3.05) is 5.75 Å². The van der Waals surface area contributed by atoms with Gasteiger partial charge in [-0.2, -0.15) is 0 Å². The smallest absolute Gasteiger partial charge is 0.329 e. The van der Waals surface area contributed by atoms with Crippen LogP contribution in [0.25, 0.3) is 0 Å². The van der Waals surface area contributed by atoms with E-state index in [1.807, 2.05) is 0 Å². The van der Waals surface area contributed by atoms with E-state index in [1.165, 1.54) is 6.42 Å². The molecule has 1 unspecified atom stereocenters. The van der Waals surface area contributed by atoms with Crippen molar-refractivity contribution < 1.29 is 14.7 Å². The molecule has 1 saturated carbocycles. The van der Waals surface area contributed by atoms with Crippen molar-refractivity contribution in [2.24, 2.45) is 0 Å². The molecule has 2 aliphatic rings. The van der Waals surface area contributed by atoms with Crippen molar-refractivity contribution in [3.63, 3.8) is 0 Å². The predicted octanol–water partition coefficient (Wildman–Crippen LogP) is 1.40. The molecule has 16 heavy (non-hydrogen) atoms. The first kappa shape index (κ1) is 11.8. The van der Waals surface area contributed by atoms with Gasteiger partial charge in [0.15, 0.2) is 0 Å². The van der Waals surface area contributed by atoms with E-state index in [-0.39, 0.29) is 11.2 Å². The van der Waals surface area contributed by atoms with Gasteiger partial charge in [0.25, 0.3) is 0 Å². The van der Waals surface area contributed by atoms with Gasteiger partial charge < -0.3 is 10.4 Å². The zero-order valence-electron chi connectivity index (χ0n) is 9.20. The van der Waals surface area contributed by atoms with E-state index in [1.54, 1.807) is 11.8 Å². The van der Waals surface area contributed by atoms with Crippen LogP contribution >= 0.6 is 11.8 Å². The minimum absolute atomic E-state index is 0.0365. The summed E-state index contributed by atoms with van der Waals surface area (Å²) in [6.45, 7) is 0. The van der Waals surface area contributed by atoms with Crippen LogP contribution in [-0.4, -0.2) is 33.5 Å². The monoisotopic (exact) mass is 243 g/mol. The number of amides is 1. The number of carbonyl (C=O) groups is 2. The van der Waals surface area contributed by atoms with Gasteiger partial charge in [-0.3, -0.25) is 4.79 Å². The Morgan fingerprint density at radius 3 is 2.44 bits per heavy atom. The molecule has 2 fully saturated rings. The number of thioether (sulfide) groups is 1. The Labute approximate surface area is 99.2 Å². The number of rotatable bonds is 3. The summed E-state index contributed by atoms with van der Waals surface area (Å²) in [5.74, 6) is 0.0535. The first-order chi connectivity index (χ1) is 7.64. The van der Waals surface area contributed by atoms with E-state index in [0.717, 1.165) is 25.0 Å². The van der Waals surface area contributed by atoms with Gasteiger partial charge in [-0.05, 0) is 37.9 Å². The van der Waals surface area contributed by atoms with Crippen LogP contribution in [-0.2, 0) is 9.59 Å². The fourth-order valence-corrected chi connectivity index (χ4v) is 3.39. The van der Waals surface area contributed by atoms with Crippen LogP contribution in [0.2, 0.25) is 0 Å². The normalized spacial score (nSPS) is 27.9. The molecule has 2 rings (SSSR count). The van der Waals surface area contributed by atoms with Crippen molar-refractivity contribution in [1.29, 1.82) is 0 Å². The number of nitrogens with one attached hydrogen (secondary N) is 1. The van der Waals surface area contributed by atoms with Crippen LogP contribution in [0.3, 0.4) is 0 Å². The maximum Gasteiger partial charge on any atom is 0.329 e. The molecule has 0 radical (unpaired) electrons. The Kier molecular flexibility index (Phi) is 3.42. The van der Waals surface area contributed by atoms with Gasteiger partial charge in [0.1, 0.15) is 5.54 Å². The fourth-order valence-electron chi connectivity index (χ4n) is 2.19. The third-order valence-electron chi connectivity index (χ3n) is 3.45. The molecule has 1 amide bonds. The highest BCUT2D eigenvalue weighted by atomic mass is 32.2. The van der Waals surface area contributed by atoms with E-state index in [0.29, 0.717) is 12.8 Å². The number of hydrogen-bond acceptors (Lipinski definition) is 3. The number of hydrogen-bond donors (Lipinski definition) is 2. The average Bonchev–Trinajstić information content (AvgIpc) is 2.24. The minimum atomic E-state index is -0.949. The fraction of sp³-hybridized carbons (Fsp3) is 0.818. The Bertz CT molecular complexity index is 296. The molecule has 1 aliphatic carbocycles. The summed E-state index contributed by atoms with van der Waals surface area (Å²) in [4.78, 5) is 23.0. The van der Waals surface area contributed by atoms with Gasteiger partial charge in [0.2, 0.25) is 5.91 Å². The molecule has 0 bridgehead atoms. The lowest BCUT2D eigenvalue weighted by molar-refractivity contribution is -0.151. The van der Waals surface area contributed by atoms with Gasteiger partial charge in [0, 0.05) is 0 Å². The standard InChI is InChI=1S/C11H17NO3S/c13-9(8-4-1-2-7-16-8)12-11(10(14)15)5-3-6-11/h8H,1-7H2,(H,12,13)(H,14,15). The number of carboxylic acid groups (broad SMARTS) is 1. The number of aliphatic carboxylic acids is 1. The SMILES string of the molecule is O=C(NC1(C(=O)O)CCC1)C1CCCCS1. The Hall–Kier alpha value is -0.710. The van der Waals surface area contributed by atoms with Crippen molar-refractivity contribution in [1.82, 2.24) is 5.32 Å².